The summed E-state index contributed by atoms with van der Waals surface area (Å²) in [6.07, 6.45) is 0.914. The van der Waals surface area contributed by atoms with Crippen LogP contribution in [0, 0.1) is 0 Å². The minimum atomic E-state index is 0.583. The first-order valence-electron chi connectivity index (χ1n) is 6.87. The lowest BCUT2D eigenvalue weighted by Gasteiger charge is -2.12. The number of nitrogens with one attached hydrogen (secondary N) is 1. The van der Waals surface area contributed by atoms with Gasteiger partial charge in [0.1, 0.15) is 12.4 Å². The fraction of sp³-hybridized carbons (Fsp3) is 0.500. The van der Waals surface area contributed by atoms with E-state index in [1.165, 1.54) is 5.56 Å². The summed E-state index contributed by atoms with van der Waals surface area (Å²) in [5.41, 5.74) is 2.34. The van der Waals surface area contributed by atoms with E-state index in [9.17, 15) is 0 Å². The summed E-state index contributed by atoms with van der Waals surface area (Å²) in [5.74, 6) is 0.937. The maximum Gasteiger partial charge on any atom is 0.123 e. The first-order chi connectivity index (χ1) is 9.24. The summed E-state index contributed by atoms with van der Waals surface area (Å²) >= 11 is 0. The fourth-order valence-corrected chi connectivity index (χ4v) is 1.61. The second kappa shape index (κ2) is 9.59. The predicted molar refractivity (Wildman–Crippen MR) is 79.6 cm³/mol. The van der Waals surface area contributed by atoms with E-state index in [0.29, 0.717) is 13.2 Å². The Bertz CT molecular complexity index is 377. The van der Waals surface area contributed by atoms with Crippen LogP contribution in [0.5, 0.6) is 5.75 Å². The van der Waals surface area contributed by atoms with E-state index in [4.69, 9.17) is 9.47 Å². The highest BCUT2D eigenvalue weighted by Crippen LogP contribution is 2.17. The van der Waals surface area contributed by atoms with Crippen molar-refractivity contribution in [3.8, 4) is 5.75 Å². The zero-order valence-corrected chi connectivity index (χ0v) is 12.1. The Hall–Kier alpha value is -1.32. The van der Waals surface area contributed by atoms with Gasteiger partial charge in [-0.15, -0.1) is 6.58 Å². The average molecular weight is 263 g/mol. The normalized spacial score (nSPS) is 10.4. The van der Waals surface area contributed by atoms with Gasteiger partial charge in [-0.2, -0.15) is 0 Å². The van der Waals surface area contributed by atoms with Crippen molar-refractivity contribution in [3.05, 3.63) is 42.0 Å². The molecular formula is C16H25NO2. The zero-order valence-electron chi connectivity index (χ0n) is 12.1. The minimum absolute atomic E-state index is 0.583. The van der Waals surface area contributed by atoms with Crippen LogP contribution in [0.1, 0.15) is 25.8 Å². The Morgan fingerprint density at radius 1 is 1.21 bits per heavy atom. The molecule has 0 heterocycles. The SMILES string of the molecule is C=C(C)CCOCCOc1ccccc1CNCC. The van der Waals surface area contributed by atoms with E-state index in [-0.39, 0.29) is 0 Å². The Morgan fingerprint density at radius 2 is 2.00 bits per heavy atom. The van der Waals surface area contributed by atoms with Crippen LogP contribution in [-0.4, -0.2) is 26.4 Å². The number of hydrogen-bond acceptors (Lipinski definition) is 3. The third-order valence-corrected chi connectivity index (χ3v) is 2.70. The summed E-state index contributed by atoms with van der Waals surface area (Å²) < 4.78 is 11.2. The lowest BCUT2D eigenvalue weighted by atomic mass is 10.2. The number of para-hydroxylation sites is 1. The van der Waals surface area contributed by atoms with Crippen molar-refractivity contribution in [2.75, 3.05) is 26.4 Å². The topological polar surface area (TPSA) is 30.5 Å². The third-order valence-electron chi connectivity index (χ3n) is 2.70. The molecule has 1 N–H and O–H groups in total. The molecule has 3 heteroatoms. The molecule has 0 spiro atoms. The third kappa shape index (κ3) is 6.99. The fourth-order valence-electron chi connectivity index (χ4n) is 1.61. The molecule has 0 amide bonds. The number of ether oxygens (including phenoxy) is 2. The molecule has 0 aliphatic rings. The van der Waals surface area contributed by atoms with Gasteiger partial charge in [0.2, 0.25) is 0 Å². The Labute approximate surface area is 116 Å². The molecule has 0 atom stereocenters. The number of rotatable bonds is 10. The maximum atomic E-state index is 5.75. The molecule has 3 nitrogen and oxygen atoms in total. The largest absolute Gasteiger partial charge is 0.491 e. The molecule has 0 saturated heterocycles. The molecule has 1 aromatic carbocycles. The van der Waals surface area contributed by atoms with Crippen LogP contribution >= 0.6 is 0 Å². The standard InChI is InChI=1S/C16H25NO2/c1-4-17-13-15-7-5-6-8-16(15)19-12-11-18-10-9-14(2)3/h5-8,17H,2,4,9-13H2,1,3H3. The monoisotopic (exact) mass is 263 g/mol. The van der Waals surface area contributed by atoms with Crippen molar-refractivity contribution in [2.45, 2.75) is 26.8 Å². The second-order valence-electron chi connectivity index (χ2n) is 4.56. The van der Waals surface area contributed by atoms with E-state index in [1.54, 1.807) is 0 Å². The molecule has 0 fully saturated rings. The van der Waals surface area contributed by atoms with Gasteiger partial charge in [-0.05, 0) is 26.0 Å². The van der Waals surface area contributed by atoms with Crippen LogP contribution in [0.3, 0.4) is 0 Å². The van der Waals surface area contributed by atoms with Gasteiger partial charge in [0.05, 0.1) is 13.2 Å². The van der Waals surface area contributed by atoms with Gasteiger partial charge in [0.25, 0.3) is 0 Å². The first kappa shape index (κ1) is 15.7. The van der Waals surface area contributed by atoms with E-state index < -0.39 is 0 Å². The van der Waals surface area contributed by atoms with Gasteiger partial charge in [0.15, 0.2) is 0 Å². The van der Waals surface area contributed by atoms with Crippen LogP contribution in [0.2, 0.25) is 0 Å². The summed E-state index contributed by atoms with van der Waals surface area (Å²) in [7, 11) is 0. The van der Waals surface area contributed by atoms with Crippen molar-refractivity contribution in [2.24, 2.45) is 0 Å². The van der Waals surface area contributed by atoms with Crippen molar-refractivity contribution in [1.82, 2.24) is 5.32 Å². The van der Waals surface area contributed by atoms with Crippen LogP contribution in [0.15, 0.2) is 36.4 Å². The van der Waals surface area contributed by atoms with E-state index >= 15 is 0 Å². The van der Waals surface area contributed by atoms with E-state index in [0.717, 1.165) is 37.4 Å². The average Bonchev–Trinajstić information content (AvgIpc) is 2.41. The lowest BCUT2D eigenvalue weighted by molar-refractivity contribution is 0.102. The molecule has 106 valence electrons. The van der Waals surface area contributed by atoms with Gasteiger partial charge in [-0.25, -0.2) is 0 Å². The van der Waals surface area contributed by atoms with Crippen LogP contribution in [0.25, 0.3) is 0 Å². The van der Waals surface area contributed by atoms with Crippen LogP contribution in [0.4, 0.5) is 0 Å². The van der Waals surface area contributed by atoms with Gasteiger partial charge >= 0.3 is 0 Å². The zero-order chi connectivity index (χ0) is 13.9. The molecule has 0 unspecified atom stereocenters. The van der Waals surface area contributed by atoms with Crippen LogP contribution in [-0.2, 0) is 11.3 Å². The molecule has 0 aliphatic heterocycles. The summed E-state index contributed by atoms with van der Waals surface area (Å²) in [4.78, 5) is 0. The molecule has 19 heavy (non-hydrogen) atoms. The van der Waals surface area contributed by atoms with E-state index in [2.05, 4.69) is 24.9 Å². The van der Waals surface area contributed by atoms with Gasteiger partial charge in [-0.3, -0.25) is 0 Å². The summed E-state index contributed by atoms with van der Waals surface area (Å²) in [6, 6.07) is 8.11. The second-order valence-corrected chi connectivity index (χ2v) is 4.56. The number of hydrogen-bond donors (Lipinski definition) is 1. The van der Waals surface area contributed by atoms with Crippen molar-refractivity contribution < 1.29 is 9.47 Å². The number of benzene rings is 1. The Balaban J connectivity index is 2.26. The summed E-state index contributed by atoms with van der Waals surface area (Å²) in [6.45, 7) is 11.7. The highest BCUT2D eigenvalue weighted by atomic mass is 16.5. The first-order valence-corrected chi connectivity index (χ1v) is 6.87. The molecule has 1 aromatic rings. The smallest absolute Gasteiger partial charge is 0.123 e. The molecule has 1 rings (SSSR count). The van der Waals surface area contributed by atoms with Gasteiger partial charge in [0, 0.05) is 12.1 Å². The van der Waals surface area contributed by atoms with Crippen LogP contribution < -0.4 is 10.1 Å². The highest BCUT2D eigenvalue weighted by molar-refractivity contribution is 5.33. The molecule has 0 radical (unpaired) electrons. The molecular weight excluding hydrogens is 238 g/mol. The van der Waals surface area contributed by atoms with Crippen molar-refractivity contribution >= 4 is 0 Å². The lowest BCUT2D eigenvalue weighted by Crippen LogP contribution is -2.14. The van der Waals surface area contributed by atoms with Gasteiger partial charge in [-0.1, -0.05) is 30.7 Å². The molecule has 0 aromatic heterocycles. The molecule has 0 aliphatic carbocycles. The predicted octanol–water partition coefficient (Wildman–Crippen LogP) is 3.16. The molecule has 0 bridgehead atoms. The summed E-state index contributed by atoms with van der Waals surface area (Å²) in [5, 5.41) is 3.31. The maximum absolute atomic E-state index is 5.75. The van der Waals surface area contributed by atoms with E-state index in [1.807, 2.05) is 25.1 Å². The highest BCUT2D eigenvalue weighted by Gasteiger charge is 2.01. The Morgan fingerprint density at radius 3 is 2.74 bits per heavy atom. The minimum Gasteiger partial charge on any atom is -0.491 e. The van der Waals surface area contributed by atoms with Crippen molar-refractivity contribution in [1.29, 1.82) is 0 Å². The Kier molecular flexibility index (Phi) is 7.94. The molecule has 0 saturated carbocycles. The quantitative estimate of drug-likeness (QED) is 0.519. The van der Waals surface area contributed by atoms with Crippen molar-refractivity contribution in [3.63, 3.8) is 0 Å². The van der Waals surface area contributed by atoms with Gasteiger partial charge < -0.3 is 14.8 Å².